The van der Waals surface area contributed by atoms with Crippen molar-refractivity contribution in [3.05, 3.63) is 65.7 Å². The normalized spacial score (nSPS) is 12.1. The van der Waals surface area contributed by atoms with E-state index < -0.39 is 6.10 Å². The van der Waals surface area contributed by atoms with Crippen LogP contribution >= 0.6 is 0 Å². The molecule has 0 amide bonds. The first kappa shape index (κ1) is 25.7. The van der Waals surface area contributed by atoms with Gasteiger partial charge in [0.05, 0.1) is 27.4 Å². The van der Waals surface area contributed by atoms with Gasteiger partial charge in [0.15, 0.2) is 11.5 Å². The Morgan fingerprint density at radius 1 is 0.969 bits per heavy atom. The highest BCUT2D eigenvalue weighted by molar-refractivity contribution is 5.42. The maximum absolute atomic E-state index is 10.2. The van der Waals surface area contributed by atoms with Crippen molar-refractivity contribution in [2.24, 2.45) is 0 Å². The molecule has 0 fully saturated rings. The van der Waals surface area contributed by atoms with Crippen LogP contribution < -0.4 is 19.5 Å². The molecule has 2 aromatic rings. The standard InChI is InChI=1S/C26H37NO5/c1-4-5-6-7-16-31-19-22-8-11-24(12-9-22)32-20-23(28)18-27-15-14-21-10-13-25(29-2)26(17-21)30-3/h6-13,17,23,27-28H,4-5,14-16,18-20H2,1-3H3. The summed E-state index contributed by atoms with van der Waals surface area (Å²) in [6, 6.07) is 13.7. The van der Waals surface area contributed by atoms with Crippen LogP contribution in [0.25, 0.3) is 0 Å². The number of allylic oxidation sites excluding steroid dienone is 1. The van der Waals surface area contributed by atoms with Crippen molar-refractivity contribution in [2.45, 2.75) is 38.9 Å². The summed E-state index contributed by atoms with van der Waals surface area (Å²) in [5, 5.41) is 13.4. The van der Waals surface area contributed by atoms with Gasteiger partial charge in [0.2, 0.25) is 0 Å². The molecular weight excluding hydrogens is 406 g/mol. The molecule has 176 valence electrons. The molecule has 6 heteroatoms. The van der Waals surface area contributed by atoms with Gasteiger partial charge in [-0.3, -0.25) is 0 Å². The van der Waals surface area contributed by atoms with Gasteiger partial charge in [0.25, 0.3) is 0 Å². The first-order valence-corrected chi connectivity index (χ1v) is 11.2. The summed E-state index contributed by atoms with van der Waals surface area (Å²) < 4.78 is 21.9. The summed E-state index contributed by atoms with van der Waals surface area (Å²) in [6.07, 6.45) is 6.69. The highest BCUT2D eigenvalue weighted by Gasteiger charge is 2.07. The molecule has 2 rings (SSSR count). The first-order valence-electron chi connectivity index (χ1n) is 11.2. The fourth-order valence-corrected chi connectivity index (χ4v) is 3.07. The van der Waals surface area contributed by atoms with E-state index in [1.165, 1.54) is 0 Å². The van der Waals surface area contributed by atoms with Crippen LogP contribution in [0.15, 0.2) is 54.6 Å². The number of aliphatic hydroxyl groups excluding tert-OH is 1. The van der Waals surface area contributed by atoms with Crippen LogP contribution in [0.1, 0.15) is 30.9 Å². The molecule has 0 saturated heterocycles. The molecule has 0 aliphatic carbocycles. The minimum atomic E-state index is -0.585. The van der Waals surface area contributed by atoms with E-state index in [0.29, 0.717) is 19.8 Å². The number of hydrogen-bond acceptors (Lipinski definition) is 6. The van der Waals surface area contributed by atoms with Crippen LogP contribution in [0.4, 0.5) is 0 Å². The predicted octanol–water partition coefficient (Wildman–Crippen LogP) is 4.15. The molecule has 32 heavy (non-hydrogen) atoms. The summed E-state index contributed by atoms with van der Waals surface area (Å²) in [4.78, 5) is 0. The predicted molar refractivity (Wildman–Crippen MR) is 128 cm³/mol. The minimum Gasteiger partial charge on any atom is -0.493 e. The molecule has 6 nitrogen and oxygen atoms in total. The van der Waals surface area contributed by atoms with Crippen molar-refractivity contribution in [1.29, 1.82) is 0 Å². The van der Waals surface area contributed by atoms with Gasteiger partial charge >= 0.3 is 0 Å². The van der Waals surface area contributed by atoms with Crippen molar-refractivity contribution >= 4 is 0 Å². The number of unbranched alkanes of at least 4 members (excludes halogenated alkanes) is 1. The van der Waals surface area contributed by atoms with E-state index in [1.54, 1.807) is 14.2 Å². The molecule has 0 aliphatic heterocycles. The Labute approximate surface area is 192 Å². The number of benzene rings is 2. The van der Waals surface area contributed by atoms with E-state index in [2.05, 4.69) is 24.4 Å². The Hall–Kier alpha value is -2.54. The van der Waals surface area contributed by atoms with E-state index in [1.807, 2.05) is 42.5 Å². The van der Waals surface area contributed by atoms with Crippen LogP contribution in [-0.2, 0) is 17.8 Å². The smallest absolute Gasteiger partial charge is 0.160 e. The second kappa shape index (κ2) is 15.3. The monoisotopic (exact) mass is 443 g/mol. The first-order chi connectivity index (χ1) is 15.7. The lowest BCUT2D eigenvalue weighted by Gasteiger charge is -2.14. The van der Waals surface area contributed by atoms with E-state index in [-0.39, 0.29) is 6.61 Å². The Balaban J connectivity index is 1.61. The quantitative estimate of drug-likeness (QED) is 0.300. The lowest BCUT2D eigenvalue weighted by molar-refractivity contribution is 0.106. The maximum atomic E-state index is 10.2. The molecule has 2 aromatic carbocycles. The molecule has 1 atom stereocenters. The highest BCUT2D eigenvalue weighted by Crippen LogP contribution is 2.27. The van der Waals surface area contributed by atoms with Crippen LogP contribution in [0.2, 0.25) is 0 Å². The van der Waals surface area contributed by atoms with E-state index in [0.717, 1.165) is 54.2 Å². The van der Waals surface area contributed by atoms with Gasteiger partial charge in [0, 0.05) is 6.54 Å². The number of nitrogens with one attached hydrogen (secondary N) is 1. The maximum Gasteiger partial charge on any atom is 0.160 e. The van der Waals surface area contributed by atoms with Gasteiger partial charge in [-0.05, 0) is 54.8 Å². The highest BCUT2D eigenvalue weighted by atomic mass is 16.5. The van der Waals surface area contributed by atoms with Crippen molar-refractivity contribution in [3.63, 3.8) is 0 Å². The van der Waals surface area contributed by atoms with E-state index in [4.69, 9.17) is 18.9 Å². The Morgan fingerprint density at radius 3 is 2.44 bits per heavy atom. The average Bonchev–Trinajstić information content (AvgIpc) is 2.83. The lowest BCUT2D eigenvalue weighted by atomic mass is 10.1. The topological polar surface area (TPSA) is 69.2 Å². The number of hydrogen-bond donors (Lipinski definition) is 2. The van der Waals surface area contributed by atoms with Gasteiger partial charge in [-0.2, -0.15) is 0 Å². The summed E-state index contributed by atoms with van der Waals surface area (Å²) in [5.41, 5.74) is 2.24. The molecule has 0 aliphatic rings. The summed E-state index contributed by atoms with van der Waals surface area (Å²) in [5.74, 6) is 2.18. The second-order valence-electron chi connectivity index (χ2n) is 7.53. The number of methoxy groups -OCH3 is 2. The van der Waals surface area contributed by atoms with Crippen LogP contribution in [0.5, 0.6) is 17.2 Å². The average molecular weight is 444 g/mol. The number of aliphatic hydroxyl groups is 1. The third-order valence-electron chi connectivity index (χ3n) is 4.89. The molecule has 0 aromatic heterocycles. The summed E-state index contributed by atoms with van der Waals surface area (Å²) in [7, 11) is 3.25. The molecule has 2 N–H and O–H groups in total. The van der Waals surface area contributed by atoms with Gasteiger partial charge in [-0.25, -0.2) is 0 Å². The Bertz CT molecular complexity index is 791. The molecular formula is C26H37NO5. The summed E-state index contributed by atoms with van der Waals surface area (Å²) in [6.45, 7) is 4.81. The molecule has 0 saturated carbocycles. The molecule has 0 radical (unpaired) electrons. The Morgan fingerprint density at radius 2 is 1.72 bits per heavy atom. The summed E-state index contributed by atoms with van der Waals surface area (Å²) >= 11 is 0. The fourth-order valence-electron chi connectivity index (χ4n) is 3.07. The molecule has 0 bridgehead atoms. The molecule has 1 unspecified atom stereocenters. The lowest BCUT2D eigenvalue weighted by Crippen LogP contribution is -2.32. The van der Waals surface area contributed by atoms with Crippen LogP contribution in [0, 0.1) is 0 Å². The largest absolute Gasteiger partial charge is 0.493 e. The van der Waals surface area contributed by atoms with Crippen LogP contribution in [0.3, 0.4) is 0 Å². The minimum absolute atomic E-state index is 0.238. The van der Waals surface area contributed by atoms with Gasteiger partial charge in [-0.15, -0.1) is 0 Å². The molecule has 0 spiro atoms. The number of rotatable bonds is 16. The zero-order chi connectivity index (χ0) is 23.0. The van der Waals surface area contributed by atoms with Crippen molar-refractivity contribution in [1.82, 2.24) is 5.32 Å². The van der Waals surface area contributed by atoms with Crippen LogP contribution in [-0.4, -0.2) is 51.7 Å². The zero-order valence-electron chi connectivity index (χ0n) is 19.5. The van der Waals surface area contributed by atoms with E-state index >= 15 is 0 Å². The molecule has 0 heterocycles. The SMILES string of the molecule is CCCC=CCOCc1ccc(OCC(O)CNCCc2ccc(OC)c(OC)c2)cc1. The van der Waals surface area contributed by atoms with Gasteiger partial charge in [-0.1, -0.05) is 43.7 Å². The van der Waals surface area contributed by atoms with Crippen molar-refractivity contribution in [2.75, 3.05) is 40.5 Å². The van der Waals surface area contributed by atoms with Gasteiger partial charge in [0.1, 0.15) is 18.5 Å². The van der Waals surface area contributed by atoms with Crippen molar-refractivity contribution < 1.29 is 24.1 Å². The zero-order valence-corrected chi connectivity index (χ0v) is 19.5. The third kappa shape index (κ3) is 9.73. The van der Waals surface area contributed by atoms with Gasteiger partial charge < -0.3 is 29.4 Å². The number of ether oxygens (including phenoxy) is 4. The Kier molecular flexibility index (Phi) is 12.3. The van der Waals surface area contributed by atoms with E-state index in [9.17, 15) is 5.11 Å². The third-order valence-corrected chi connectivity index (χ3v) is 4.89. The fraction of sp³-hybridized carbons (Fsp3) is 0.462. The second-order valence-corrected chi connectivity index (χ2v) is 7.53. The van der Waals surface area contributed by atoms with Crippen molar-refractivity contribution in [3.8, 4) is 17.2 Å².